The van der Waals surface area contributed by atoms with Gasteiger partial charge >= 0.3 is 6.09 Å². The number of aromatic nitrogens is 2. The summed E-state index contributed by atoms with van der Waals surface area (Å²) < 4.78 is 7.72. The number of carbonyl (C=O) groups excluding carboxylic acids is 1. The van der Waals surface area contributed by atoms with Crippen LogP contribution in [-0.4, -0.2) is 45.3 Å². The molecule has 4 rings (SSSR count). The lowest BCUT2D eigenvalue weighted by molar-refractivity contribution is 0.0171. The number of nitrogens with one attached hydrogen (secondary N) is 1. The van der Waals surface area contributed by atoms with Gasteiger partial charge in [-0.3, -0.25) is 0 Å². The van der Waals surface area contributed by atoms with Crippen molar-refractivity contribution < 1.29 is 9.53 Å². The second-order valence-corrected chi connectivity index (χ2v) is 11.3. The predicted octanol–water partition coefficient (Wildman–Crippen LogP) is 6.80. The number of rotatable bonds is 8. The summed E-state index contributed by atoms with van der Waals surface area (Å²) >= 11 is 6.46. The molecule has 0 spiro atoms. The molecular formula is C30H39ClN4O2. The first kappa shape index (κ1) is 27.1. The maximum atomic E-state index is 12.6. The maximum Gasteiger partial charge on any atom is 0.410 e. The van der Waals surface area contributed by atoms with Gasteiger partial charge in [-0.25, -0.2) is 9.78 Å². The highest BCUT2D eigenvalue weighted by atomic mass is 35.5. The fourth-order valence-corrected chi connectivity index (χ4v) is 5.39. The molecule has 2 atom stereocenters. The summed E-state index contributed by atoms with van der Waals surface area (Å²) in [4.78, 5) is 18.6. The van der Waals surface area contributed by atoms with Crippen molar-refractivity contribution in [1.82, 2.24) is 19.8 Å². The van der Waals surface area contributed by atoms with E-state index in [9.17, 15) is 4.79 Å². The van der Waals surface area contributed by atoms with Crippen LogP contribution in [0.4, 0.5) is 4.79 Å². The number of imidazole rings is 1. The fraction of sp³-hybridized carbons (Fsp3) is 0.467. The molecule has 0 radical (unpaired) electrons. The third-order valence-corrected chi connectivity index (χ3v) is 7.19. The third kappa shape index (κ3) is 7.75. The van der Waals surface area contributed by atoms with Crippen molar-refractivity contribution in [2.75, 3.05) is 13.1 Å². The van der Waals surface area contributed by atoms with E-state index in [-0.39, 0.29) is 18.1 Å². The summed E-state index contributed by atoms with van der Waals surface area (Å²) in [5, 5.41) is 4.32. The Morgan fingerprint density at radius 3 is 2.76 bits per heavy atom. The molecule has 2 aliphatic heterocycles. The smallest absolute Gasteiger partial charge is 0.410 e. The number of dihydropyridines is 1. The number of benzene rings is 1. The Hall–Kier alpha value is -2.99. The van der Waals surface area contributed by atoms with Crippen LogP contribution in [0.15, 0.2) is 67.4 Å². The Morgan fingerprint density at radius 2 is 2.08 bits per heavy atom. The standard InChI is InChI=1S/C30H39ClN4O2/c1-30(2,3)37-29(36)35-18-13-23(14-19-35)28(27-10-6-7-15-33-27)26-12-11-25(31)21-24(26)9-5-4-8-17-34-20-16-32-22-34/h5-7,9-12,15-16,20-23,27-28,33H,4,8,13-14,17-19H2,1-3H3/b9-5+. The summed E-state index contributed by atoms with van der Waals surface area (Å²) in [6.07, 6.45) is 22.2. The third-order valence-electron chi connectivity index (χ3n) is 6.95. The van der Waals surface area contributed by atoms with Gasteiger partial charge in [0.2, 0.25) is 0 Å². The second-order valence-electron chi connectivity index (χ2n) is 10.9. The molecule has 3 heterocycles. The Labute approximate surface area is 226 Å². The number of nitrogens with zero attached hydrogens (tertiary/aromatic N) is 3. The fourth-order valence-electron chi connectivity index (χ4n) is 5.21. The van der Waals surface area contributed by atoms with Crippen LogP contribution < -0.4 is 5.32 Å². The van der Waals surface area contributed by atoms with E-state index in [1.165, 1.54) is 11.1 Å². The van der Waals surface area contributed by atoms with E-state index in [1.54, 1.807) is 0 Å². The highest BCUT2D eigenvalue weighted by Gasteiger charge is 2.35. The number of likely N-dealkylation sites (tertiary alicyclic amines) is 1. The minimum Gasteiger partial charge on any atom is -0.444 e. The monoisotopic (exact) mass is 522 g/mol. The molecule has 0 aliphatic carbocycles. The van der Waals surface area contributed by atoms with Crippen molar-refractivity contribution in [2.24, 2.45) is 5.92 Å². The summed E-state index contributed by atoms with van der Waals surface area (Å²) in [5.74, 6) is 0.673. The molecular weight excluding hydrogens is 484 g/mol. The van der Waals surface area contributed by atoms with Crippen molar-refractivity contribution in [2.45, 2.75) is 70.6 Å². The zero-order valence-corrected chi connectivity index (χ0v) is 22.9. The number of halogens is 1. The number of unbranched alkanes of at least 4 members (excludes halogenated alkanes) is 1. The van der Waals surface area contributed by atoms with E-state index >= 15 is 0 Å². The average Bonchev–Trinajstić information content (AvgIpc) is 3.39. The number of aryl methyl sites for hydroxylation is 1. The summed E-state index contributed by atoms with van der Waals surface area (Å²) in [5.41, 5.74) is 1.98. The first-order valence-electron chi connectivity index (χ1n) is 13.3. The lowest BCUT2D eigenvalue weighted by atomic mass is 9.74. The van der Waals surface area contributed by atoms with Gasteiger partial charge in [-0.1, -0.05) is 42.0 Å². The largest absolute Gasteiger partial charge is 0.444 e. The molecule has 2 unspecified atom stereocenters. The number of amides is 1. The first-order chi connectivity index (χ1) is 17.8. The van der Waals surface area contributed by atoms with Crippen molar-refractivity contribution in [1.29, 1.82) is 0 Å². The molecule has 198 valence electrons. The summed E-state index contributed by atoms with van der Waals surface area (Å²) in [6.45, 7) is 8.10. The van der Waals surface area contributed by atoms with Gasteiger partial charge in [0.15, 0.2) is 0 Å². The van der Waals surface area contributed by atoms with E-state index in [0.717, 1.165) is 37.3 Å². The predicted molar refractivity (Wildman–Crippen MR) is 150 cm³/mol. The number of carbonyl (C=O) groups is 1. The van der Waals surface area contributed by atoms with Crippen molar-refractivity contribution >= 4 is 23.8 Å². The Balaban J connectivity index is 1.49. The molecule has 1 amide bonds. The Bertz CT molecular complexity index is 1110. The van der Waals surface area contributed by atoms with Gasteiger partial charge in [0.25, 0.3) is 0 Å². The topological polar surface area (TPSA) is 59.4 Å². The molecule has 1 N–H and O–H groups in total. The number of hydrogen-bond donors (Lipinski definition) is 1. The molecule has 37 heavy (non-hydrogen) atoms. The van der Waals surface area contributed by atoms with E-state index in [1.807, 2.05) is 62.7 Å². The van der Waals surface area contributed by atoms with Gasteiger partial charge in [-0.15, -0.1) is 0 Å². The summed E-state index contributed by atoms with van der Waals surface area (Å²) in [7, 11) is 0. The molecule has 1 aromatic carbocycles. The van der Waals surface area contributed by atoms with Crippen LogP contribution >= 0.6 is 11.6 Å². The van der Waals surface area contributed by atoms with Crippen LogP contribution in [-0.2, 0) is 11.3 Å². The minimum atomic E-state index is -0.483. The molecule has 2 aliphatic rings. The molecule has 2 aromatic rings. The minimum absolute atomic E-state index is 0.178. The Morgan fingerprint density at radius 1 is 1.27 bits per heavy atom. The van der Waals surface area contributed by atoms with Crippen LogP contribution in [0.3, 0.4) is 0 Å². The SMILES string of the molecule is CC(C)(C)OC(=O)N1CCC(C(c2ccc(Cl)cc2/C=C/CCCn2ccnc2)C2C=CC=CN2)CC1. The van der Waals surface area contributed by atoms with E-state index < -0.39 is 5.60 Å². The second kappa shape index (κ2) is 12.5. The molecule has 6 nitrogen and oxygen atoms in total. The molecule has 1 saturated heterocycles. The zero-order chi connectivity index (χ0) is 26.3. The zero-order valence-electron chi connectivity index (χ0n) is 22.1. The van der Waals surface area contributed by atoms with Crippen molar-refractivity contribution in [3.63, 3.8) is 0 Å². The van der Waals surface area contributed by atoms with Gasteiger partial charge in [0.1, 0.15) is 5.60 Å². The number of allylic oxidation sites excluding steroid dienone is 3. The molecule has 1 fully saturated rings. The van der Waals surface area contributed by atoms with Crippen molar-refractivity contribution in [3.05, 3.63) is 83.6 Å². The van der Waals surface area contributed by atoms with E-state index in [4.69, 9.17) is 16.3 Å². The highest BCUT2D eigenvalue weighted by Crippen LogP contribution is 2.39. The molecule has 0 bridgehead atoms. The van der Waals surface area contributed by atoms with E-state index in [0.29, 0.717) is 19.0 Å². The quantitative estimate of drug-likeness (QED) is 0.387. The lowest BCUT2D eigenvalue weighted by Crippen LogP contribution is -2.45. The lowest BCUT2D eigenvalue weighted by Gasteiger charge is -2.40. The number of hydrogen-bond acceptors (Lipinski definition) is 4. The van der Waals surface area contributed by atoms with E-state index in [2.05, 4.69) is 51.3 Å². The van der Waals surface area contributed by atoms with Gasteiger partial charge < -0.3 is 19.5 Å². The number of piperidine rings is 1. The maximum absolute atomic E-state index is 12.6. The van der Waals surface area contributed by atoms with Gasteiger partial charge in [0.05, 0.1) is 12.4 Å². The van der Waals surface area contributed by atoms with Crippen LogP contribution in [0, 0.1) is 5.92 Å². The van der Waals surface area contributed by atoms with Gasteiger partial charge in [0, 0.05) is 43.0 Å². The molecule has 7 heteroatoms. The average molecular weight is 523 g/mol. The van der Waals surface area contributed by atoms with Crippen LogP contribution in [0.25, 0.3) is 6.08 Å². The Kier molecular flexibility index (Phi) is 9.14. The summed E-state index contributed by atoms with van der Waals surface area (Å²) in [6, 6.07) is 6.44. The van der Waals surface area contributed by atoms with Crippen LogP contribution in [0.2, 0.25) is 5.02 Å². The first-order valence-corrected chi connectivity index (χ1v) is 13.7. The van der Waals surface area contributed by atoms with Crippen LogP contribution in [0.1, 0.15) is 63.5 Å². The normalized spacial score (nSPS) is 19.2. The van der Waals surface area contributed by atoms with Gasteiger partial charge in [-0.05, 0) is 87.9 Å². The van der Waals surface area contributed by atoms with Crippen LogP contribution in [0.5, 0.6) is 0 Å². The number of ether oxygens (including phenoxy) is 1. The van der Waals surface area contributed by atoms with Gasteiger partial charge in [-0.2, -0.15) is 0 Å². The molecule has 0 saturated carbocycles. The van der Waals surface area contributed by atoms with Crippen molar-refractivity contribution in [3.8, 4) is 0 Å². The molecule has 1 aromatic heterocycles. The highest BCUT2D eigenvalue weighted by molar-refractivity contribution is 6.30.